The monoisotopic (exact) mass is 236 g/mol. The summed E-state index contributed by atoms with van der Waals surface area (Å²) in [5.74, 6) is 0.778. The zero-order valence-electron chi connectivity index (χ0n) is 9.35. The van der Waals surface area contributed by atoms with Crippen LogP contribution in [0.1, 0.15) is 23.3 Å². The largest absolute Gasteiger partial charge is 0.377 e. The molecule has 0 spiro atoms. The third-order valence-corrected chi connectivity index (χ3v) is 2.34. The maximum Gasteiger partial charge on any atom is 0.171 e. The molecule has 1 heterocycles. The van der Waals surface area contributed by atoms with E-state index in [-0.39, 0.29) is 5.82 Å². The van der Waals surface area contributed by atoms with Gasteiger partial charge in [-0.15, -0.1) is 0 Å². The van der Waals surface area contributed by atoms with Crippen LogP contribution in [0, 0.1) is 5.82 Å². The van der Waals surface area contributed by atoms with E-state index >= 15 is 0 Å². The van der Waals surface area contributed by atoms with Gasteiger partial charge in [-0.25, -0.2) is 9.37 Å². The van der Waals surface area contributed by atoms with Crippen LogP contribution in [-0.2, 0) is 11.3 Å². The van der Waals surface area contributed by atoms with Crippen LogP contribution in [0.3, 0.4) is 0 Å². The zero-order chi connectivity index (χ0) is 12.3. The minimum Gasteiger partial charge on any atom is -0.377 e. The van der Waals surface area contributed by atoms with Crippen molar-refractivity contribution in [2.24, 2.45) is 5.73 Å². The molecule has 17 heavy (non-hydrogen) atoms. The number of hydrogen-bond donors (Lipinski definition) is 2. The van der Waals surface area contributed by atoms with Gasteiger partial charge in [0.25, 0.3) is 0 Å². The van der Waals surface area contributed by atoms with Gasteiger partial charge >= 0.3 is 0 Å². The highest BCUT2D eigenvalue weighted by Gasteiger charge is 2.14. The Bertz CT molecular complexity index is 482. The summed E-state index contributed by atoms with van der Waals surface area (Å²) < 4.78 is 17.7. The van der Waals surface area contributed by atoms with Crippen LogP contribution in [0.15, 0.2) is 24.3 Å². The van der Waals surface area contributed by atoms with Crippen molar-refractivity contribution in [2.75, 3.05) is 7.11 Å². The molecule has 0 saturated heterocycles. The van der Waals surface area contributed by atoms with Gasteiger partial charge in [0.2, 0.25) is 0 Å². The van der Waals surface area contributed by atoms with Gasteiger partial charge in [0.15, 0.2) is 11.6 Å². The molecule has 0 unspecified atom stereocenters. The van der Waals surface area contributed by atoms with E-state index in [0.29, 0.717) is 18.3 Å². The van der Waals surface area contributed by atoms with Gasteiger partial charge in [-0.3, -0.25) is 5.10 Å². The Morgan fingerprint density at radius 2 is 2.12 bits per heavy atom. The van der Waals surface area contributed by atoms with Gasteiger partial charge in [0.05, 0.1) is 6.04 Å². The molecule has 0 aliphatic heterocycles. The van der Waals surface area contributed by atoms with E-state index in [1.165, 1.54) is 12.1 Å². The average Bonchev–Trinajstić information content (AvgIpc) is 2.78. The number of halogens is 1. The van der Waals surface area contributed by atoms with Crippen LogP contribution >= 0.6 is 0 Å². The minimum atomic E-state index is -0.475. The van der Waals surface area contributed by atoms with E-state index in [2.05, 4.69) is 15.2 Å². The molecule has 6 heteroatoms. The molecule has 0 amide bonds. The highest BCUT2D eigenvalue weighted by molar-refractivity contribution is 5.24. The second-order valence-corrected chi connectivity index (χ2v) is 3.60. The van der Waals surface area contributed by atoms with Gasteiger partial charge < -0.3 is 10.5 Å². The molecule has 2 rings (SSSR count). The van der Waals surface area contributed by atoms with Crippen LogP contribution in [0.4, 0.5) is 4.39 Å². The summed E-state index contributed by atoms with van der Waals surface area (Å²) in [6.45, 7) is 0.350. The number of benzene rings is 1. The van der Waals surface area contributed by atoms with Gasteiger partial charge in [-0.2, -0.15) is 5.10 Å². The van der Waals surface area contributed by atoms with Gasteiger partial charge in [-0.1, -0.05) is 12.1 Å². The number of rotatable bonds is 4. The lowest BCUT2D eigenvalue weighted by Gasteiger charge is -2.07. The molecular weight excluding hydrogens is 223 g/mol. The number of ether oxygens (including phenoxy) is 1. The highest BCUT2D eigenvalue weighted by Crippen LogP contribution is 2.16. The Hall–Kier alpha value is -1.79. The summed E-state index contributed by atoms with van der Waals surface area (Å²) in [5.41, 5.74) is 6.73. The molecule has 0 aliphatic rings. The van der Waals surface area contributed by atoms with Crippen LogP contribution in [0.5, 0.6) is 0 Å². The maximum atomic E-state index is 12.8. The molecule has 0 bridgehead atoms. The fourth-order valence-corrected chi connectivity index (χ4v) is 1.47. The van der Waals surface area contributed by atoms with Gasteiger partial charge in [0.1, 0.15) is 12.4 Å². The van der Waals surface area contributed by atoms with E-state index in [1.54, 1.807) is 19.2 Å². The summed E-state index contributed by atoms with van der Waals surface area (Å²) in [6.07, 6.45) is 0. The Morgan fingerprint density at radius 1 is 1.41 bits per heavy atom. The SMILES string of the molecule is COCc1nc([C@H](N)c2ccc(F)cc2)n[nH]1. The second-order valence-electron chi connectivity index (χ2n) is 3.60. The van der Waals surface area contributed by atoms with Crippen molar-refractivity contribution in [1.82, 2.24) is 15.2 Å². The minimum absolute atomic E-state index is 0.295. The molecule has 0 fully saturated rings. The van der Waals surface area contributed by atoms with Crippen molar-refractivity contribution in [2.45, 2.75) is 12.6 Å². The van der Waals surface area contributed by atoms with Crippen molar-refractivity contribution in [3.05, 3.63) is 47.3 Å². The predicted molar refractivity (Wildman–Crippen MR) is 59.5 cm³/mol. The Morgan fingerprint density at radius 3 is 2.76 bits per heavy atom. The lowest BCUT2D eigenvalue weighted by atomic mass is 10.1. The number of nitrogens with two attached hydrogens (primary N) is 1. The molecule has 1 atom stereocenters. The van der Waals surface area contributed by atoms with E-state index < -0.39 is 6.04 Å². The lowest BCUT2D eigenvalue weighted by Crippen LogP contribution is -2.13. The first kappa shape index (κ1) is 11.7. The van der Waals surface area contributed by atoms with E-state index in [4.69, 9.17) is 10.5 Å². The molecule has 0 aliphatic carbocycles. The highest BCUT2D eigenvalue weighted by atomic mass is 19.1. The smallest absolute Gasteiger partial charge is 0.171 e. The van der Waals surface area contributed by atoms with Gasteiger partial charge in [0, 0.05) is 7.11 Å². The predicted octanol–water partition coefficient (Wildman–Crippen LogP) is 1.14. The lowest BCUT2D eigenvalue weighted by molar-refractivity contribution is 0.178. The van der Waals surface area contributed by atoms with Crippen molar-refractivity contribution in [1.29, 1.82) is 0 Å². The number of aromatic amines is 1. The van der Waals surface area contributed by atoms with E-state index in [0.717, 1.165) is 5.56 Å². The third-order valence-electron chi connectivity index (χ3n) is 2.34. The first-order valence-electron chi connectivity index (χ1n) is 5.12. The van der Waals surface area contributed by atoms with Crippen LogP contribution in [0.25, 0.3) is 0 Å². The number of hydrogen-bond acceptors (Lipinski definition) is 4. The molecule has 2 aromatic rings. The van der Waals surface area contributed by atoms with E-state index in [1.807, 2.05) is 0 Å². The van der Waals surface area contributed by atoms with E-state index in [9.17, 15) is 4.39 Å². The topological polar surface area (TPSA) is 76.8 Å². The van der Waals surface area contributed by atoms with Crippen LogP contribution in [-0.4, -0.2) is 22.3 Å². The second kappa shape index (κ2) is 5.03. The summed E-state index contributed by atoms with van der Waals surface area (Å²) in [4.78, 5) is 4.19. The molecule has 0 radical (unpaired) electrons. The summed E-state index contributed by atoms with van der Waals surface area (Å²) in [5, 5.41) is 6.73. The molecule has 1 aromatic heterocycles. The number of aromatic nitrogens is 3. The zero-order valence-corrected chi connectivity index (χ0v) is 9.35. The first-order chi connectivity index (χ1) is 8.20. The fourth-order valence-electron chi connectivity index (χ4n) is 1.47. The number of nitrogens with zero attached hydrogens (tertiary/aromatic N) is 2. The molecule has 5 nitrogen and oxygen atoms in total. The Balaban J connectivity index is 2.18. The van der Waals surface area contributed by atoms with Crippen molar-refractivity contribution in [3.8, 4) is 0 Å². The Labute approximate surface area is 97.8 Å². The molecule has 90 valence electrons. The molecule has 0 saturated carbocycles. The normalized spacial score (nSPS) is 12.6. The van der Waals surface area contributed by atoms with Crippen molar-refractivity contribution in [3.63, 3.8) is 0 Å². The fraction of sp³-hybridized carbons (Fsp3) is 0.273. The third kappa shape index (κ3) is 2.66. The summed E-state index contributed by atoms with van der Waals surface area (Å²) in [7, 11) is 1.57. The first-order valence-corrected chi connectivity index (χ1v) is 5.12. The van der Waals surface area contributed by atoms with Crippen molar-refractivity contribution < 1.29 is 9.13 Å². The van der Waals surface area contributed by atoms with Crippen LogP contribution in [0.2, 0.25) is 0 Å². The molecular formula is C11H13FN4O. The summed E-state index contributed by atoms with van der Waals surface area (Å²) in [6, 6.07) is 5.48. The Kier molecular flexibility index (Phi) is 3.46. The molecule has 1 aromatic carbocycles. The number of methoxy groups -OCH3 is 1. The van der Waals surface area contributed by atoms with Crippen molar-refractivity contribution >= 4 is 0 Å². The number of H-pyrrole nitrogens is 1. The van der Waals surface area contributed by atoms with Gasteiger partial charge in [-0.05, 0) is 17.7 Å². The molecule has 3 N–H and O–H groups in total. The van der Waals surface area contributed by atoms with Crippen LogP contribution < -0.4 is 5.73 Å². The summed E-state index contributed by atoms with van der Waals surface area (Å²) >= 11 is 0. The average molecular weight is 236 g/mol. The number of nitrogens with one attached hydrogen (secondary N) is 1. The maximum absolute atomic E-state index is 12.8. The quantitative estimate of drug-likeness (QED) is 0.834. The standard InChI is InChI=1S/C11H13FN4O/c1-17-6-9-14-11(16-15-9)10(13)7-2-4-8(12)5-3-7/h2-5,10H,6,13H2,1H3,(H,14,15,16)/t10-/m1/s1.